The molecular formula is C28H35ClF3N3O4S. The molecule has 40 heavy (non-hydrogen) atoms. The fourth-order valence-electron chi connectivity index (χ4n) is 4.94. The van der Waals surface area contributed by atoms with Gasteiger partial charge in [-0.3, -0.25) is 13.9 Å². The molecule has 0 bridgehead atoms. The van der Waals surface area contributed by atoms with Gasteiger partial charge in [0.25, 0.3) is 0 Å². The Hall–Kier alpha value is -2.79. The lowest BCUT2D eigenvalue weighted by atomic mass is 9.95. The molecule has 0 aliphatic heterocycles. The Labute approximate surface area is 238 Å². The molecule has 7 nitrogen and oxygen atoms in total. The average Bonchev–Trinajstić information content (AvgIpc) is 2.89. The van der Waals surface area contributed by atoms with Crippen molar-refractivity contribution in [2.24, 2.45) is 0 Å². The SMILES string of the molecule is CC[C@H](C(=O)NC1CCCCC1)N(CCc1ccccc1)C(=O)CN(c1ccc(Cl)c(C(F)(F)F)c1)S(C)(=O)=O. The van der Waals surface area contributed by atoms with Crippen molar-refractivity contribution in [1.29, 1.82) is 0 Å². The number of benzene rings is 2. The van der Waals surface area contributed by atoms with Gasteiger partial charge >= 0.3 is 6.18 Å². The van der Waals surface area contributed by atoms with Crippen molar-refractivity contribution < 1.29 is 31.2 Å². The van der Waals surface area contributed by atoms with E-state index in [1.807, 2.05) is 30.3 Å². The Kier molecular flexibility index (Phi) is 10.9. The zero-order chi connectivity index (χ0) is 29.5. The van der Waals surface area contributed by atoms with Crippen molar-refractivity contribution in [3.05, 3.63) is 64.7 Å². The van der Waals surface area contributed by atoms with Crippen LogP contribution in [-0.4, -0.2) is 56.6 Å². The van der Waals surface area contributed by atoms with E-state index in [0.29, 0.717) is 16.8 Å². The number of nitrogens with zero attached hydrogens (tertiary/aromatic N) is 2. The lowest BCUT2D eigenvalue weighted by Gasteiger charge is -2.34. The van der Waals surface area contributed by atoms with E-state index in [4.69, 9.17) is 11.6 Å². The highest BCUT2D eigenvalue weighted by Gasteiger charge is 2.36. The van der Waals surface area contributed by atoms with Gasteiger partial charge in [-0.05, 0) is 49.4 Å². The van der Waals surface area contributed by atoms with Crippen LogP contribution in [0.1, 0.15) is 56.6 Å². The van der Waals surface area contributed by atoms with Crippen LogP contribution in [0.2, 0.25) is 5.02 Å². The molecule has 3 rings (SSSR count). The number of alkyl halides is 3. The van der Waals surface area contributed by atoms with Crippen LogP contribution in [0.4, 0.5) is 18.9 Å². The molecule has 1 N–H and O–H groups in total. The van der Waals surface area contributed by atoms with Gasteiger partial charge in [-0.2, -0.15) is 13.2 Å². The van der Waals surface area contributed by atoms with E-state index in [0.717, 1.165) is 56.1 Å². The van der Waals surface area contributed by atoms with Crippen molar-refractivity contribution in [3.63, 3.8) is 0 Å². The Morgan fingerprint density at radius 1 is 1.07 bits per heavy atom. The van der Waals surface area contributed by atoms with Gasteiger partial charge in [0.05, 0.1) is 22.5 Å². The van der Waals surface area contributed by atoms with Crippen molar-refractivity contribution in [3.8, 4) is 0 Å². The number of amides is 2. The minimum absolute atomic E-state index is 0.00347. The standard InChI is InChI=1S/C28H35ClF3N3O4S/c1-3-25(27(37)33-21-12-8-5-9-13-21)34(17-16-20-10-6-4-7-11-20)26(36)19-35(40(2,38)39)22-14-15-24(29)23(18-22)28(30,31)32/h4,6-7,10-11,14-15,18,21,25H,3,5,8-9,12-13,16-17,19H2,1-2H3,(H,33,37)/t25-/m1/s1. The minimum atomic E-state index is -4.83. The molecule has 0 saturated heterocycles. The van der Waals surface area contributed by atoms with Crippen molar-refractivity contribution in [1.82, 2.24) is 10.2 Å². The minimum Gasteiger partial charge on any atom is -0.352 e. The molecule has 2 amide bonds. The number of hydrogen-bond acceptors (Lipinski definition) is 4. The van der Waals surface area contributed by atoms with Gasteiger partial charge in [0.1, 0.15) is 12.6 Å². The van der Waals surface area contributed by atoms with E-state index >= 15 is 0 Å². The molecule has 0 unspecified atom stereocenters. The van der Waals surface area contributed by atoms with Crippen LogP contribution in [0.5, 0.6) is 0 Å². The molecule has 0 heterocycles. The van der Waals surface area contributed by atoms with Crippen LogP contribution < -0.4 is 9.62 Å². The van der Waals surface area contributed by atoms with E-state index < -0.39 is 45.3 Å². The molecule has 1 saturated carbocycles. The highest BCUT2D eigenvalue weighted by Crippen LogP contribution is 2.37. The number of carbonyl (C=O) groups excluding carboxylic acids is 2. The lowest BCUT2D eigenvalue weighted by Crippen LogP contribution is -2.54. The van der Waals surface area contributed by atoms with E-state index in [1.165, 1.54) is 4.90 Å². The smallest absolute Gasteiger partial charge is 0.352 e. The third-order valence-electron chi connectivity index (χ3n) is 7.04. The first-order valence-corrected chi connectivity index (χ1v) is 15.5. The summed E-state index contributed by atoms with van der Waals surface area (Å²) in [4.78, 5) is 28.4. The Morgan fingerprint density at radius 3 is 2.30 bits per heavy atom. The van der Waals surface area contributed by atoms with Crippen LogP contribution in [0, 0.1) is 0 Å². The molecule has 12 heteroatoms. The summed E-state index contributed by atoms with van der Waals surface area (Å²) in [7, 11) is -4.19. The molecule has 220 valence electrons. The van der Waals surface area contributed by atoms with E-state index in [2.05, 4.69) is 5.32 Å². The van der Waals surface area contributed by atoms with Gasteiger partial charge in [-0.25, -0.2) is 8.42 Å². The number of rotatable bonds is 11. The van der Waals surface area contributed by atoms with Crippen LogP contribution in [0.15, 0.2) is 48.5 Å². The predicted octanol–water partition coefficient (Wildman–Crippen LogP) is 5.42. The maximum Gasteiger partial charge on any atom is 0.417 e. The fraction of sp³-hybridized carbons (Fsp3) is 0.500. The van der Waals surface area contributed by atoms with E-state index in [9.17, 15) is 31.2 Å². The van der Waals surface area contributed by atoms with Gasteiger partial charge < -0.3 is 10.2 Å². The van der Waals surface area contributed by atoms with Crippen LogP contribution in [0.3, 0.4) is 0 Å². The van der Waals surface area contributed by atoms with Crippen molar-refractivity contribution >= 4 is 39.1 Å². The number of anilines is 1. The summed E-state index contributed by atoms with van der Waals surface area (Å²) in [6.45, 7) is 1.10. The van der Waals surface area contributed by atoms with Crippen LogP contribution >= 0.6 is 11.6 Å². The van der Waals surface area contributed by atoms with Crippen molar-refractivity contribution in [2.45, 2.75) is 70.1 Å². The highest BCUT2D eigenvalue weighted by atomic mass is 35.5. The lowest BCUT2D eigenvalue weighted by molar-refractivity contribution is -0.140. The monoisotopic (exact) mass is 601 g/mol. The molecule has 2 aromatic rings. The van der Waals surface area contributed by atoms with Crippen LogP contribution in [0.25, 0.3) is 0 Å². The summed E-state index contributed by atoms with van der Waals surface area (Å²) < 4.78 is 66.5. The van der Waals surface area contributed by atoms with Gasteiger partial charge in [0.2, 0.25) is 21.8 Å². The Bertz CT molecular complexity index is 1270. The van der Waals surface area contributed by atoms with Gasteiger partial charge in [0, 0.05) is 12.6 Å². The van der Waals surface area contributed by atoms with Crippen LogP contribution in [-0.2, 0) is 32.2 Å². The number of hydrogen-bond donors (Lipinski definition) is 1. The largest absolute Gasteiger partial charge is 0.417 e. The summed E-state index contributed by atoms with van der Waals surface area (Å²) in [6.07, 6.45) is 1.46. The summed E-state index contributed by atoms with van der Waals surface area (Å²) in [5.41, 5.74) is -0.655. The molecule has 0 radical (unpaired) electrons. The first-order valence-electron chi connectivity index (χ1n) is 13.3. The second-order valence-electron chi connectivity index (χ2n) is 10.0. The molecule has 0 aromatic heterocycles. The Morgan fingerprint density at radius 2 is 1.73 bits per heavy atom. The molecule has 1 fully saturated rings. The molecule has 0 spiro atoms. The molecule has 1 aliphatic carbocycles. The van der Waals surface area contributed by atoms with E-state index in [-0.39, 0.29) is 30.6 Å². The normalized spacial score (nSPS) is 15.3. The summed E-state index contributed by atoms with van der Waals surface area (Å²) in [5, 5.41) is 2.45. The number of carbonyl (C=O) groups is 2. The number of halogens is 4. The Balaban J connectivity index is 1.92. The molecule has 1 aliphatic rings. The summed E-state index contributed by atoms with van der Waals surface area (Å²) >= 11 is 5.72. The highest BCUT2D eigenvalue weighted by molar-refractivity contribution is 7.92. The quantitative estimate of drug-likeness (QED) is 0.372. The molecular weight excluding hydrogens is 567 g/mol. The number of nitrogens with one attached hydrogen (secondary N) is 1. The maximum absolute atomic E-state index is 13.7. The third kappa shape index (κ3) is 8.60. The zero-order valence-electron chi connectivity index (χ0n) is 22.6. The van der Waals surface area contributed by atoms with Gasteiger partial charge in [0.15, 0.2) is 0 Å². The van der Waals surface area contributed by atoms with Crippen molar-refractivity contribution in [2.75, 3.05) is 23.7 Å². The van der Waals surface area contributed by atoms with E-state index in [1.54, 1.807) is 6.92 Å². The molecule has 2 aromatic carbocycles. The first kappa shape index (κ1) is 31.7. The fourth-order valence-corrected chi connectivity index (χ4v) is 6.01. The maximum atomic E-state index is 13.7. The second-order valence-corrected chi connectivity index (χ2v) is 12.3. The first-order chi connectivity index (χ1) is 18.8. The summed E-state index contributed by atoms with van der Waals surface area (Å²) in [5.74, 6) is -1.02. The summed E-state index contributed by atoms with van der Waals surface area (Å²) in [6, 6.07) is 11.1. The number of sulfonamides is 1. The van der Waals surface area contributed by atoms with Gasteiger partial charge in [-0.15, -0.1) is 0 Å². The predicted molar refractivity (Wildman–Crippen MR) is 150 cm³/mol. The average molecular weight is 602 g/mol. The second kappa shape index (κ2) is 13.7. The zero-order valence-corrected chi connectivity index (χ0v) is 24.2. The van der Waals surface area contributed by atoms with Gasteiger partial charge in [-0.1, -0.05) is 68.1 Å². The third-order valence-corrected chi connectivity index (χ3v) is 8.51. The molecule has 1 atom stereocenters. The topological polar surface area (TPSA) is 86.8 Å².